The van der Waals surface area contributed by atoms with Crippen LogP contribution in [0.25, 0.3) is 0 Å². The van der Waals surface area contributed by atoms with Crippen molar-refractivity contribution in [2.75, 3.05) is 6.61 Å². The molecule has 0 aliphatic heterocycles. The molecule has 1 aromatic rings. The molecule has 0 heterocycles. The minimum atomic E-state index is 0.155. The van der Waals surface area contributed by atoms with E-state index in [4.69, 9.17) is 22.7 Å². The molecule has 1 aromatic carbocycles. The molecule has 0 bridgehead atoms. The maximum atomic E-state index is 5.70. The summed E-state index contributed by atoms with van der Waals surface area (Å²) < 4.78 is 5.70. The van der Waals surface area contributed by atoms with Gasteiger partial charge in [0.25, 0.3) is 0 Å². The standard InChI is InChI=1S/C16H25NOS/c1-5-18-14-10-9-13(16(2,3)4)11-12(14)7-6-8-15(17)19/h9-11H,5-8H2,1-4H3,(H2,17,19). The van der Waals surface area contributed by atoms with Gasteiger partial charge in [-0.15, -0.1) is 0 Å². The first-order valence-electron chi connectivity index (χ1n) is 6.89. The maximum absolute atomic E-state index is 5.70. The second-order valence-corrected chi connectivity index (χ2v) is 6.35. The van der Waals surface area contributed by atoms with Crippen molar-refractivity contribution < 1.29 is 4.74 Å². The Bertz CT molecular complexity index is 435. The van der Waals surface area contributed by atoms with E-state index >= 15 is 0 Å². The highest BCUT2D eigenvalue weighted by Crippen LogP contribution is 2.29. The van der Waals surface area contributed by atoms with Crippen LogP contribution in [0.4, 0.5) is 0 Å². The largest absolute Gasteiger partial charge is 0.494 e. The Morgan fingerprint density at radius 1 is 1.32 bits per heavy atom. The van der Waals surface area contributed by atoms with Gasteiger partial charge in [-0.1, -0.05) is 45.1 Å². The molecule has 1 rings (SSSR count). The van der Waals surface area contributed by atoms with Crippen LogP contribution in [-0.4, -0.2) is 11.6 Å². The van der Waals surface area contributed by atoms with Gasteiger partial charge in [-0.25, -0.2) is 0 Å². The smallest absolute Gasteiger partial charge is 0.122 e. The number of hydrogen-bond acceptors (Lipinski definition) is 2. The van der Waals surface area contributed by atoms with Crippen LogP contribution in [0.1, 0.15) is 51.7 Å². The molecule has 0 fully saturated rings. The average molecular weight is 279 g/mol. The topological polar surface area (TPSA) is 35.2 Å². The number of ether oxygens (including phenoxy) is 1. The molecule has 19 heavy (non-hydrogen) atoms. The predicted molar refractivity (Wildman–Crippen MR) is 86.0 cm³/mol. The van der Waals surface area contributed by atoms with Gasteiger partial charge in [0.2, 0.25) is 0 Å². The van der Waals surface area contributed by atoms with Crippen molar-refractivity contribution in [1.82, 2.24) is 0 Å². The van der Waals surface area contributed by atoms with Gasteiger partial charge in [0.1, 0.15) is 5.75 Å². The summed E-state index contributed by atoms with van der Waals surface area (Å²) >= 11 is 4.93. The fourth-order valence-corrected chi connectivity index (χ4v) is 2.14. The number of nitrogens with two attached hydrogens (primary N) is 1. The summed E-state index contributed by atoms with van der Waals surface area (Å²) in [5.41, 5.74) is 8.30. The Hall–Kier alpha value is -1.09. The molecule has 2 N–H and O–H groups in total. The zero-order chi connectivity index (χ0) is 14.5. The van der Waals surface area contributed by atoms with Gasteiger partial charge in [0.15, 0.2) is 0 Å². The van der Waals surface area contributed by atoms with Gasteiger partial charge in [-0.2, -0.15) is 0 Å². The van der Waals surface area contributed by atoms with E-state index in [9.17, 15) is 0 Å². The summed E-state index contributed by atoms with van der Waals surface area (Å²) in [5.74, 6) is 0.985. The molecular weight excluding hydrogens is 254 g/mol. The van der Waals surface area contributed by atoms with E-state index in [-0.39, 0.29) is 5.41 Å². The van der Waals surface area contributed by atoms with Gasteiger partial charge in [-0.3, -0.25) is 0 Å². The molecule has 0 aliphatic rings. The fraction of sp³-hybridized carbons (Fsp3) is 0.562. The monoisotopic (exact) mass is 279 g/mol. The number of rotatable bonds is 6. The summed E-state index contributed by atoms with van der Waals surface area (Å²) in [4.78, 5) is 0.588. The Labute approximate surface area is 122 Å². The van der Waals surface area contributed by atoms with E-state index < -0.39 is 0 Å². The Morgan fingerprint density at radius 3 is 2.53 bits per heavy atom. The third-order valence-corrected chi connectivity index (χ3v) is 3.30. The van der Waals surface area contributed by atoms with Crippen molar-refractivity contribution in [2.24, 2.45) is 5.73 Å². The molecule has 3 heteroatoms. The summed E-state index contributed by atoms with van der Waals surface area (Å²) in [5, 5.41) is 0. The van der Waals surface area contributed by atoms with Crippen LogP contribution in [-0.2, 0) is 11.8 Å². The Balaban J connectivity index is 2.91. The number of hydrogen-bond donors (Lipinski definition) is 1. The normalized spacial score (nSPS) is 11.4. The summed E-state index contributed by atoms with van der Waals surface area (Å²) in [7, 11) is 0. The van der Waals surface area contributed by atoms with Crippen LogP contribution < -0.4 is 10.5 Å². The lowest BCUT2D eigenvalue weighted by atomic mass is 9.85. The van der Waals surface area contributed by atoms with Crippen molar-refractivity contribution in [3.8, 4) is 5.75 Å². The van der Waals surface area contributed by atoms with Crippen molar-refractivity contribution >= 4 is 17.2 Å². The molecule has 0 atom stereocenters. The summed E-state index contributed by atoms with van der Waals surface area (Å²) in [6, 6.07) is 6.49. The lowest BCUT2D eigenvalue weighted by Crippen LogP contribution is -2.12. The van der Waals surface area contributed by atoms with Crippen molar-refractivity contribution in [2.45, 2.75) is 52.4 Å². The van der Waals surface area contributed by atoms with Crippen LogP contribution in [0, 0.1) is 0 Å². The number of thiocarbonyl (C=S) groups is 1. The molecular formula is C16H25NOS. The molecule has 0 saturated heterocycles. The van der Waals surface area contributed by atoms with E-state index in [0.717, 1.165) is 25.0 Å². The minimum Gasteiger partial charge on any atom is -0.494 e. The molecule has 0 saturated carbocycles. The van der Waals surface area contributed by atoms with Crippen LogP contribution in [0.5, 0.6) is 5.75 Å². The SMILES string of the molecule is CCOc1ccc(C(C)(C)C)cc1CCCC(N)=S. The van der Waals surface area contributed by atoms with E-state index in [1.54, 1.807) is 0 Å². The summed E-state index contributed by atoms with van der Waals surface area (Å²) in [6.45, 7) is 9.37. The third-order valence-electron chi connectivity index (χ3n) is 3.10. The van der Waals surface area contributed by atoms with Crippen LogP contribution >= 0.6 is 12.2 Å². The molecule has 0 spiro atoms. The zero-order valence-electron chi connectivity index (χ0n) is 12.5. The van der Waals surface area contributed by atoms with Crippen molar-refractivity contribution in [3.63, 3.8) is 0 Å². The lowest BCUT2D eigenvalue weighted by Gasteiger charge is -2.21. The molecule has 0 unspecified atom stereocenters. The first-order valence-corrected chi connectivity index (χ1v) is 7.30. The van der Waals surface area contributed by atoms with Crippen molar-refractivity contribution in [3.05, 3.63) is 29.3 Å². The average Bonchev–Trinajstić information content (AvgIpc) is 2.29. The fourth-order valence-electron chi connectivity index (χ4n) is 1.99. The second-order valence-electron chi connectivity index (χ2n) is 5.83. The summed E-state index contributed by atoms with van der Waals surface area (Å²) in [6.07, 6.45) is 2.72. The molecule has 0 amide bonds. The van der Waals surface area contributed by atoms with Gasteiger partial charge in [0, 0.05) is 0 Å². The molecule has 0 aromatic heterocycles. The highest BCUT2D eigenvalue weighted by molar-refractivity contribution is 7.80. The Kier molecular flexibility index (Phi) is 5.80. The van der Waals surface area contributed by atoms with E-state index in [1.165, 1.54) is 11.1 Å². The molecule has 2 nitrogen and oxygen atoms in total. The Morgan fingerprint density at radius 2 is 2.00 bits per heavy atom. The van der Waals surface area contributed by atoms with Gasteiger partial charge >= 0.3 is 0 Å². The van der Waals surface area contributed by atoms with Gasteiger partial charge in [0.05, 0.1) is 11.6 Å². The first-order chi connectivity index (χ1) is 8.84. The van der Waals surface area contributed by atoms with E-state index in [1.807, 2.05) is 6.92 Å². The highest BCUT2D eigenvalue weighted by atomic mass is 32.1. The first kappa shape index (κ1) is 16.0. The van der Waals surface area contributed by atoms with E-state index in [0.29, 0.717) is 11.6 Å². The van der Waals surface area contributed by atoms with Crippen LogP contribution in [0.15, 0.2) is 18.2 Å². The van der Waals surface area contributed by atoms with Crippen molar-refractivity contribution in [1.29, 1.82) is 0 Å². The molecule has 0 radical (unpaired) electrons. The molecule has 106 valence electrons. The van der Waals surface area contributed by atoms with Crippen LogP contribution in [0.3, 0.4) is 0 Å². The predicted octanol–water partition coefficient (Wildman–Crippen LogP) is 3.99. The van der Waals surface area contributed by atoms with Gasteiger partial charge in [-0.05, 0) is 48.8 Å². The highest BCUT2D eigenvalue weighted by Gasteiger charge is 2.15. The quantitative estimate of drug-likeness (QED) is 0.800. The minimum absolute atomic E-state index is 0.155. The lowest BCUT2D eigenvalue weighted by molar-refractivity contribution is 0.336. The van der Waals surface area contributed by atoms with Crippen LogP contribution in [0.2, 0.25) is 0 Å². The zero-order valence-corrected chi connectivity index (χ0v) is 13.3. The third kappa shape index (κ3) is 5.19. The second kappa shape index (κ2) is 6.90. The number of aryl methyl sites for hydroxylation is 1. The van der Waals surface area contributed by atoms with Gasteiger partial charge < -0.3 is 10.5 Å². The van der Waals surface area contributed by atoms with E-state index in [2.05, 4.69) is 39.0 Å². The number of benzene rings is 1. The molecule has 0 aliphatic carbocycles. The maximum Gasteiger partial charge on any atom is 0.122 e.